The zero-order chi connectivity index (χ0) is 15.3. The van der Waals surface area contributed by atoms with Crippen molar-refractivity contribution in [3.8, 4) is 5.75 Å². The third-order valence-corrected chi connectivity index (χ3v) is 3.53. The Morgan fingerprint density at radius 1 is 1.38 bits per heavy atom. The first-order chi connectivity index (χ1) is 9.92. The summed E-state index contributed by atoms with van der Waals surface area (Å²) in [5.41, 5.74) is 0.639. The number of alkyl halides is 3. The van der Waals surface area contributed by atoms with E-state index in [0.717, 1.165) is 19.4 Å². The Hall–Kier alpha value is -1.43. The van der Waals surface area contributed by atoms with Crippen molar-refractivity contribution < 1.29 is 17.9 Å². The van der Waals surface area contributed by atoms with Crippen molar-refractivity contribution >= 4 is 5.69 Å². The van der Waals surface area contributed by atoms with Gasteiger partial charge in [0, 0.05) is 23.8 Å². The number of hydrogen-bond acceptors (Lipinski definition) is 3. The van der Waals surface area contributed by atoms with Crippen LogP contribution in [0.4, 0.5) is 18.9 Å². The first-order valence-corrected chi connectivity index (χ1v) is 7.28. The van der Waals surface area contributed by atoms with Crippen molar-refractivity contribution in [2.75, 3.05) is 11.9 Å². The molecule has 1 aromatic rings. The Morgan fingerprint density at radius 2 is 2.19 bits per heavy atom. The van der Waals surface area contributed by atoms with Crippen LogP contribution in [0.5, 0.6) is 5.75 Å². The Balaban J connectivity index is 1.88. The Bertz CT molecular complexity index is 445. The topological polar surface area (TPSA) is 33.3 Å². The van der Waals surface area contributed by atoms with E-state index in [-0.39, 0.29) is 11.8 Å². The van der Waals surface area contributed by atoms with Crippen LogP contribution >= 0.6 is 0 Å². The molecule has 2 unspecified atom stereocenters. The highest BCUT2D eigenvalue weighted by Gasteiger charge is 2.31. The van der Waals surface area contributed by atoms with Crippen LogP contribution in [-0.4, -0.2) is 25.0 Å². The van der Waals surface area contributed by atoms with Gasteiger partial charge in [0.25, 0.3) is 0 Å². The molecule has 1 heterocycles. The first kappa shape index (κ1) is 15.9. The molecule has 3 nitrogen and oxygen atoms in total. The molecule has 1 fully saturated rings. The number of ether oxygens (including phenoxy) is 1. The van der Waals surface area contributed by atoms with E-state index in [1.54, 1.807) is 12.1 Å². The van der Waals surface area contributed by atoms with E-state index in [4.69, 9.17) is 0 Å². The quantitative estimate of drug-likeness (QED) is 0.865. The number of rotatable bonds is 5. The van der Waals surface area contributed by atoms with Crippen molar-refractivity contribution in [1.29, 1.82) is 0 Å². The summed E-state index contributed by atoms with van der Waals surface area (Å²) >= 11 is 0. The molecule has 1 aliphatic heterocycles. The fourth-order valence-corrected chi connectivity index (χ4v) is 2.68. The van der Waals surface area contributed by atoms with E-state index in [2.05, 4.69) is 15.4 Å². The van der Waals surface area contributed by atoms with Crippen molar-refractivity contribution in [3.63, 3.8) is 0 Å². The molecule has 118 valence electrons. The molecular formula is C15H21F3N2O. The van der Waals surface area contributed by atoms with E-state index in [9.17, 15) is 13.2 Å². The van der Waals surface area contributed by atoms with Crippen LogP contribution in [0, 0.1) is 0 Å². The number of anilines is 1. The lowest BCUT2D eigenvalue weighted by Crippen LogP contribution is -2.37. The number of benzene rings is 1. The Morgan fingerprint density at radius 3 is 2.86 bits per heavy atom. The van der Waals surface area contributed by atoms with Gasteiger partial charge in [0.05, 0.1) is 0 Å². The highest BCUT2D eigenvalue weighted by atomic mass is 19.4. The van der Waals surface area contributed by atoms with Gasteiger partial charge in [-0.05, 0) is 44.9 Å². The van der Waals surface area contributed by atoms with E-state index < -0.39 is 6.36 Å². The van der Waals surface area contributed by atoms with Gasteiger partial charge in [0.15, 0.2) is 0 Å². The summed E-state index contributed by atoms with van der Waals surface area (Å²) in [7, 11) is 0. The Kier molecular flexibility index (Phi) is 5.33. The molecule has 0 saturated carbocycles. The molecule has 0 aliphatic carbocycles. The average Bonchev–Trinajstić information content (AvgIpc) is 2.38. The molecule has 6 heteroatoms. The maximum Gasteiger partial charge on any atom is 0.573 e. The minimum absolute atomic E-state index is 0.182. The normalized spacial score (nSPS) is 20.9. The van der Waals surface area contributed by atoms with Crippen LogP contribution < -0.4 is 15.4 Å². The standard InChI is InChI=1S/C15H21F3N2O/c1-11(9-12-5-2-3-8-19-12)20-13-6-4-7-14(10-13)21-15(16,17)18/h4,6-7,10-12,19-20H,2-3,5,8-9H2,1H3. The van der Waals surface area contributed by atoms with E-state index >= 15 is 0 Å². The summed E-state index contributed by atoms with van der Waals surface area (Å²) in [5.74, 6) is -0.199. The smallest absolute Gasteiger partial charge is 0.406 e. The second-order valence-electron chi connectivity index (χ2n) is 5.50. The number of nitrogens with one attached hydrogen (secondary N) is 2. The predicted molar refractivity (Wildman–Crippen MR) is 76.5 cm³/mol. The SMILES string of the molecule is CC(CC1CCCCN1)Nc1cccc(OC(F)(F)F)c1. The highest BCUT2D eigenvalue weighted by Crippen LogP contribution is 2.25. The van der Waals surface area contributed by atoms with Gasteiger partial charge in [-0.1, -0.05) is 12.5 Å². The largest absolute Gasteiger partial charge is 0.573 e. The second kappa shape index (κ2) is 7.02. The molecule has 2 rings (SSSR count). The molecule has 1 saturated heterocycles. The zero-order valence-electron chi connectivity index (χ0n) is 12.0. The third-order valence-electron chi connectivity index (χ3n) is 3.53. The van der Waals surface area contributed by atoms with Crippen LogP contribution in [0.25, 0.3) is 0 Å². The minimum Gasteiger partial charge on any atom is -0.406 e. The molecule has 21 heavy (non-hydrogen) atoms. The third kappa shape index (κ3) is 5.83. The van der Waals surface area contributed by atoms with Gasteiger partial charge in [-0.15, -0.1) is 13.2 Å². The summed E-state index contributed by atoms with van der Waals surface area (Å²) in [6, 6.07) is 6.63. The summed E-state index contributed by atoms with van der Waals surface area (Å²) in [6.45, 7) is 3.08. The highest BCUT2D eigenvalue weighted by molar-refractivity contribution is 5.48. The molecule has 2 N–H and O–H groups in total. The van der Waals surface area contributed by atoms with Gasteiger partial charge in [0.2, 0.25) is 0 Å². The minimum atomic E-state index is -4.66. The van der Waals surface area contributed by atoms with E-state index in [1.807, 2.05) is 6.92 Å². The average molecular weight is 302 g/mol. The predicted octanol–water partition coefficient (Wildman–Crippen LogP) is 3.92. The zero-order valence-corrected chi connectivity index (χ0v) is 12.0. The molecule has 0 amide bonds. The van der Waals surface area contributed by atoms with Gasteiger partial charge in [-0.2, -0.15) is 0 Å². The molecule has 0 radical (unpaired) electrons. The number of hydrogen-bond donors (Lipinski definition) is 2. The summed E-state index contributed by atoms with van der Waals surface area (Å²) < 4.78 is 40.5. The Labute approximate surface area is 122 Å². The molecule has 0 aromatic heterocycles. The molecule has 0 bridgehead atoms. The lowest BCUT2D eigenvalue weighted by atomic mass is 9.98. The summed E-state index contributed by atoms with van der Waals surface area (Å²) in [5, 5.41) is 6.69. The van der Waals surface area contributed by atoms with Gasteiger partial charge in [-0.3, -0.25) is 0 Å². The molecule has 2 atom stereocenters. The van der Waals surface area contributed by atoms with Crippen LogP contribution in [0.2, 0.25) is 0 Å². The first-order valence-electron chi connectivity index (χ1n) is 7.28. The van der Waals surface area contributed by atoms with Crippen molar-refractivity contribution in [2.24, 2.45) is 0 Å². The van der Waals surface area contributed by atoms with Gasteiger partial charge < -0.3 is 15.4 Å². The van der Waals surface area contributed by atoms with Gasteiger partial charge in [-0.25, -0.2) is 0 Å². The summed E-state index contributed by atoms with van der Waals surface area (Å²) in [4.78, 5) is 0. The monoisotopic (exact) mass is 302 g/mol. The van der Waals surface area contributed by atoms with Crippen LogP contribution in [0.15, 0.2) is 24.3 Å². The van der Waals surface area contributed by atoms with Crippen LogP contribution in [0.1, 0.15) is 32.6 Å². The number of piperidine rings is 1. The molecule has 0 spiro atoms. The molecular weight excluding hydrogens is 281 g/mol. The van der Waals surface area contributed by atoms with Crippen LogP contribution in [-0.2, 0) is 0 Å². The maximum absolute atomic E-state index is 12.2. The van der Waals surface area contributed by atoms with Crippen molar-refractivity contribution in [1.82, 2.24) is 5.32 Å². The lowest BCUT2D eigenvalue weighted by Gasteiger charge is -2.27. The molecule has 1 aliphatic rings. The molecule has 1 aromatic carbocycles. The van der Waals surface area contributed by atoms with Gasteiger partial charge in [0.1, 0.15) is 5.75 Å². The fraction of sp³-hybridized carbons (Fsp3) is 0.600. The lowest BCUT2D eigenvalue weighted by molar-refractivity contribution is -0.274. The van der Waals surface area contributed by atoms with Gasteiger partial charge >= 0.3 is 6.36 Å². The van der Waals surface area contributed by atoms with E-state index in [1.165, 1.54) is 25.0 Å². The van der Waals surface area contributed by atoms with Crippen molar-refractivity contribution in [3.05, 3.63) is 24.3 Å². The van der Waals surface area contributed by atoms with Crippen LogP contribution in [0.3, 0.4) is 0 Å². The second-order valence-corrected chi connectivity index (χ2v) is 5.50. The summed E-state index contributed by atoms with van der Waals surface area (Å²) in [6.07, 6.45) is -0.0989. The fourth-order valence-electron chi connectivity index (χ4n) is 2.68. The number of halogens is 3. The van der Waals surface area contributed by atoms with E-state index in [0.29, 0.717) is 11.7 Å². The maximum atomic E-state index is 12.2. The van der Waals surface area contributed by atoms with Crippen molar-refractivity contribution in [2.45, 2.75) is 51.1 Å².